The Kier molecular flexibility index (Phi) is 5.43. The van der Waals surface area contributed by atoms with Crippen LogP contribution < -0.4 is 5.73 Å². The molecule has 2 nitrogen and oxygen atoms in total. The normalized spacial score (nSPS) is 10.7. The standard InChI is InChI=1S/C13H20N2S/c1-11-5-3-6-12(9-11)10-15(2)8-4-7-13(14)16/h3,5-6,9H,4,7-8,10H2,1-2H3,(H2,14,16). The van der Waals surface area contributed by atoms with E-state index in [9.17, 15) is 0 Å². The molecule has 0 heterocycles. The Balaban J connectivity index is 2.33. The Hall–Kier alpha value is -0.930. The first kappa shape index (κ1) is 13.1. The molecule has 3 heteroatoms. The predicted octanol–water partition coefficient (Wildman–Crippen LogP) is 2.49. The highest BCUT2D eigenvalue weighted by atomic mass is 32.1. The molecule has 1 aromatic carbocycles. The van der Waals surface area contributed by atoms with Gasteiger partial charge in [-0.2, -0.15) is 0 Å². The maximum Gasteiger partial charge on any atom is 0.0727 e. The molecule has 0 amide bonds. The van der Waals surface area contributed by atoms with Crippen molar-refractivity contribution >= 4 is 17.2 Å². The van der Waals surface area contributed by atoms with Crippen molar-refractivity contribution in [1.82, 2.24) is 4.90 Å². The lowest BCUT2D eigenvalue weighted by molar-refractivity contribution is 0.324. The number of benzene rings is 1. The second-order valence-electron chi connectivity index (χ2n) is 4.30. The third-order valence-electron chi connectivity index (χ3n) is 2.50. The van der Waals surface area contributed by atoms with Gasteiger partial charge in [-0.3, -0.25) is 0 Å². The summed E-state index contributed by atoms with van der Waals surface area (Å²) in [6.07, 6.45) is 1.88. The van der Waals surface area contributed by atoms with E-state index in [0.717, 1.165) is 25.9 Å². The summed E-state index contributed by atoms with van der Waals surface area (Å²) in [5, 5.41) is 0. The van der Waals surface area contributed by atoms with Crippen LogP contribution in [0.25, 0.3) is 0 Å². The summed E-state index contributed by atoms with van der Waals surface area (Å²) >= 11 is 4.85. The van der Waals surface area contributed by atoms with E-state index < -0.39 is 0 Å². The van der Waals surface area contributed by atoms with Gasteiger partial charge in [-0.05, 0) is 38.9 Å². The molecule has 0 radical (unpaired) electrons. The Bertz CT molecular complexity index is 350. The fraction of sp³-hybridized carbons (Fsp3) is 0.462. The van der Waals surface area contributed by atoms with Gasteiger partial charge < -0.3 is 10.6 Å². The van der Waals surface area contributed by atoms with E-state index in [1.54, 1.807) is 0 Å². The predicted molar refractivity (Wildman–Crippen MR) is 73.5 cm³/mol. The summed E-state index contributed by atoms with van der Waals surface area (Å²) in [4.78, 5) is 2.91. The molecule has 0 atom stereocenters. The first-order chi connectivity index (χ1) is 7.58. The van der Waals surface area contributed by atoms with Gasteiger partial charge in [-0.25, -0.2) is 0 Å². The topological polar surface area (TPSA) is 29.3 Å². The zero-order chi connectivity index (χ0) is 12.0. The number of hydrogen-bond donors (Lipinski definition) is 1. The van der Waals surface area contributed by atoms with Crippen LogP contribution >= 0.6 is 12.2 Å². The van der Waals surface area contributed by atoms with E-state index in [2.05, 4.69) is 43.1 Å². The van der Waals surface area contributed by atoms with Crippen molar-refractivity contribution in [3.63, 3.8) is 0 Å². The molecule has 2 N–H and O–H groups in total. The van der Waals surface area contributed by atoms with Crippen LogP contribution in [0.3, 0.4) is 0 Å². The third-order valence-corrected chi connectivity index (χ3v) is 2.70. The van der Waals surface area contributed by atoms with E-state index in [0.29, 0.717) is 4.99 Å². The number of aryl methyl sites for hydroxylation is 1. The van der Waals surface area contributed by atoms with Crippen LogP contribution in [0.2, 0.25) is 0 Å². The first-order valence-electron chi connectivity index (χ1n) is 5.60. The van der Waals surface area contributed by atoms with Gasteiger partial charge in [0.2, 0.25) is 0 Å². The maximum atomic E-state index is 5.46. The number of thiocarbonyl (C=S) groups is 1. The average molecular weight is 236 g/mol. The highest BCUT2D eigenvalue weighted by molar-refractivity contribution is 7.80. The molecule has 0 fully saturated rings. The quantitative estimate of drug-likeness (QED) is 0.770. The van der Waals surface area contributed by atoms with E-state index >= 15 is 0 Å². The van der Waals surface area contributed by atoms with E-state index in [4.69, 9.17) is 18.0 Å². The third kappa shape index (κ3) is 5.24. The number of rotatable bonds is 6. The van der Waals surface area contributed by atoms with Crippen molar-refractivity contribution in [2.75, 3.05) is 13.6 Å². The van der Waals surface area contributed by atoms with Crippen LogP contribution in [-0.4, -0.2) is 23.5 Å². The fourth-order valence-electron chi connectivity index (χ4n) is 1.72. The Morgan fingerprint density at radius 2 is 2.19 bits per heavy atom. The molecule has 0 aliphatic carbocycles. The van der Waals surface area contributed by atoms with Crippen molar-refractivity contribution in [3.8, 4) is 0 Å². The summed E-state index contributed by atoms with van der Waals surface area (Å²) in [5.74, 6) is 0. The molecule has 16 heavy (non-hydrogen) atoms. The lowest BCUT2D eigenvalue weighted by Gasteiger charge is -2.16. The monoisotopic (exact) mass is 236 g/mol. The van der Waals surface area contributed by atoms with Gasteiger partial charge in [0.15, 0.2) is 0 Å². The number of nitrogens with zero attached hydrogens (tertiary/aromatic N) is 1. The Morgan fingerprint density at radius 1 is 1.44 bits per heavy atom. The number of hydrogen-bond acceptors (Lipinski definition) is 2. The van der Waals surface area contributed by atoms with Crippen molar-refractivity contribution in [1.29, 1.82) is 0 Å². The van der Waals surface area contributed by atoms with Gasteiger partial charge in [0.1, 0.15) is 0 Å². The SMILES string of the molecule is Cc1cccc(CN(C)CCCC(N)=S)c1. The van der Waals surface area contributed by atoms with E-state index in [1.165, 1.54) is 11.1 Å². The van der Waals surface area contributed by atoms with Crippen LogP contribution in [0.5, 0.6) is 0 Å². The van der Waals surface area contributed by atoms with Gasteiger partial charge in [0, 0.05) is 6.54 Å². The minimum Gasteiger partial charge on any atom is -0.393 e. The molecule has 0 aromatic heterocycles. The number of nitrogens with two attached hydrogens (primary N) is 1. The summed E-state index contributed by atoms with van der Waals surface area (Å²) in [6, 6.07) is 8.62. The molecular weight excluding hydrogens is 216 g/mol. The summed E-state index contributed by atoms with van der Waals surface area (Å²) in [6.45, 7) is 4.14. The van der Waals surface area contributed by atoms with E-state index in [1.807, 2.05) is 0 Å². The molecule has 88 valence electrons. The molecule has 0 unspecified atom stereocenters. The van der Waals surface area contributed by atoms with Crippen LogP contribution in [-0.2, 0) is 6.54 Å². The van der Waals surface area contributed by atoms with Crippen molar-refractivity contribution < 1.29 is 0 Å². The Morgan fingerprint density at radius 3 is 2.81 bits per heavy atom. The average Bonchev–Trinajstić information content (AvgIpc) is 2.16. The second kappa shape index (κ2) is 6.61. The lowest BCUT2D eigenvalue weighted by atomic mass is 10.1. The van der Waals surface area contributed by atoms with Crippen LogP contribution in [0.15, 0.2) is 24.3 Å². The molecule has 0 spiro atoms. The van der Waals surface area contributed by atoms with E-state index in [-0.39, 0.29) is 0 Å². The molecule has 1 aromatic rings. The zero-order valence-corrected chi connectivity index (χ0v) is 10.9. The molecule has 1 rings (SSSR count). The van der Waals surface area contributed by atoms with Crippen LogP contribution in [0.1, 0.15) is 24.0 Å². The molecule has 0 saturated heterocycles. The first-order valence-corrected chi connectivity index (χ1v) is 6.01. The molecule has 0 saturated carbocycles. The second-order valence-corrected chi connectivity index (χ2v) is 4.82. The van der Waals surface area contributed by atoms with Gasteiger partial charge >= 0.3 is 0 Å². The van der Waals surface area contributed by atoms with Crippen molar-refractivity contribution in [2.45, 2.75) is 26.3 Å². The maximum absolute atomic E-state index is 5.46. The smallest absolute Gasteiger partial charge is 0.0727 e. The molecule has 0 bridgehead atoms. The highest BCUT2D eigenvalue weighted by Crippen LogP contribution is 2.07. The minimum atomic E-state index is 0.615. The lowest BCUT2D eigenvalue weighted by Crippen LogP contribution is -2.20. The highest BCUT2D eigenvalue weighted by Gasteiger charge is 2.00. The van der Waals surface area contributed by atoms with Crippen molar-refractivity contribution in [3.05, 3.63) is 35.4 Å². The minimum absolute atomic E-state index is 0.615. The largest absolute Gasteiger partial charge is 0.393 e. The van der Waals surface area contributed by atoms with Crippen LogP contribution in [0.4, 0.5) is 0 Å². The molecular formula is C13H20N2S. The Labute approximate surface area is 103 Å². The van der Waals surface area contributed by atoms with Crippen molar-refractivity contribution in [2.24, 2.45) is 5.73 Å². The van der Waals surface area contributed by atoms with Crippen LogP contribution in [0, 0.1) is 6.92 Å². The zero-order valence-electron chi connectivity index (χ0n) is 10.1. The van der Waals surface area contributed by atoms with Gasteiger partial charge in [-0.1, -0.05) is 42.0 Å². The fourth-order valence-corrected chi connectivity index (χ4v) is 1.87. The van der Waals surface area contributed by atoms with Gasteiger partial charge in [0.05, 0.1) is 4.99 Å². The summed E-state index contributed by atoms with van der Waals surface area (Å²) in [7, 11) is 2.13. The molecule has 0 aliphatic heterocycles. The van der Waals surface area contributed by atoms with Gasteiger partial charge in [-0.15, -0.1) is 0 Å². The van der Waals surface area contributed by atoms with Gasteiger partial charge in [0.25, 0.3) is 0 Å². The summed E-state index contributed by atoms with van der Waals surface area (Å²) < 4.78 is 0. The summed E-state index contributed by atoms with van der Waals surface area (Å²) in [5.41, 5.74) is 8.14. The molecule has 0 aliphatic rings.